The molecule has 4 amide bonds. The van der Waals surface area contributed by atoms with Crippen molar-refractivity contribution in [1.29, 1.82) is 0 Å². The van der Waals surface area contributed by atoms with Crippen LogP contribution in [0.15, 0.2) is 30.9 Å². The van der Waals surface area contributed by atoms with E-state index >= 15 is 0 Å². The number of anilines is 1. The maximum Gasteiger partial charge on any atom is 0.321 e. The molecule has 1 rings (SSSR count). The predicted octanol–water partition coefficient (Wildman–Crippen LogP) is 2.66. The summed E-state index contributed by atoms with van der Waals surface area (Å²) in [6.07, 6.45) is 2.24. The normalized spacial score (nSPS) is 10.3. The monoisotopic (exact) mass is 400 g/mol. The second-order valence-corrected chi connectivity index (χ2v) is 6.27. The lowest BCUT2D eigenvalue weighted by atomic mass is 10.3. The fourth-order valence-corrected chi connectivity index (χ4v) is 2.55. The first-order valence-electron chi connectivity index (χ1n) is 8.01. The molecule has 0 aliphatic rings. The minimum atomic E-state index is -0.608. The number of nitrogens with zero attached hydrogens (tertiary/aromatic N) is 1. The van der Waals surface area contributed by atoms with Gasteiger partial charge in [0.25, 0.3) is 0 Å². The van der Waals surface area contributed by atoms with Gasteiger partial charge >= 0.3 is 6.03 Å². The van der Waals surface area contributed by atoms with Crippen molar-refractivity contribution in [2.45, 2.75) is 13.3 Å². The van der Waals surface area contributed by atoms with Gasteiger partial charge in [-0.25, -0.2) is 4.79 Å². The lowest BCUT2D eigenvalue weighted by Crippen LogP contribution is -2.46. The first kappa shape index (κ1) is 22.0. The highest BCUT2D eigenvalue weighted by atomic mass is 35.5. The van der Waals surface area contributed by atoms with Gasteiger partial charge in [0.2, 0.25) is 11.8 Å². The van der Waals surface area contributed by atoms with Crippen LogP contribution in [0.3, 0.4) is 0 Å². The van der Waals surface area contributed by atoms with Crippen LogP contribution in [0.4, 0.5) is 10.5 Å². The van der Waals surface area contributed by atoms with Crippen molar-refractivity contribution in [3.8, 4) is 0 Å². The number of nitrogens with one attached hydrogen (secondary N) is 3. The molecule has 0 aromatic heterocycles. The number of imide groups is 1. The molecule has 0 aliphatic carbocycles. The van der Waals surface area contributed by atoms with E-state index in [0.717, 1.165) is 6.42 Å². The Labute approximate surface area is 162 Å². The van der Waals surface area contributed by atoms with E-state index in [1.807, 2.05) is 6.92 Å². The summed E-state index contributed by atoms with van der Waals surface area (Å²) in [7, 11) is 0. The van der Waals surface area contributed by atoms with Gasteiger partial charge in [0.15, 0.2) is 0 Å². The minimum Gasteiger partial charge on any atom is -0.334 e. The second kappa shape index (κ2) is 11.5. The third-order valence-corrected chi connectivity index (χ3v) is 3.69. The number of urea groups is 1. The Morgan fingerprint density at radius 1 is 1.19 bits per heavy atom. The van der Waals surface area contributed by atoms with E-state index < -0.39 is 11.9 Å². The maximum absolute atomic E-state index is 12.2. The SMILES string of the molecule is C=CCNC(=O)NC(=O)CN(CCC)CC(=O)Nc1ccc(Cl)cc1Cl. The highest BCUT2D eigenvalue weighted by Gasteiger charge is 2.16. The fraction of sp³-hybridized carbons (Fsp3) is 0.353. The van der Waals surface area contributed by atoms with Crippen LogP contribution < -0.4 is 16.0 Å². The number of rotatable bonds is 9. The van der Waals surface area contributed by atoms with Gasteiger partial charge in [-0.15, -0.1) is 6.58 Å². The summed E-state index contributed by atoms with van der Waals surface area (Å²) in [5, 5.41) is 8.10. The summed E-state index contributed by atoms with van der Waals surface area (Å²) < 4.78 is 0. The smallest absolute Gasteiger partial charge is 0.321 e. The van der Waals surface area contributed by atoms with Crippen molar-refractivity contribution in [2.75, 3.05) is 31.5 Å². The van der Waals surface area contributed by atoms with Gasteiger partial charge in [-0.05, 0) is 31.2 Å². The molecule has 0 saturated heterocycles. The Hall–Kier alpha value is -2.09. The molecule has 0 heterocycles. The van der Waals surface area contributed by atoms with Crippen LogP contribution in [0, 0.1) is 0 Å². The largest absolute Gasteiger partial charge is 0.334 e. The third kappa shape index (κ3) is 8.33. The second-order valence-electron chi connectivity index (χ2n) is 5.43. The van der Waals surface area contributed by atoms with Crippen LogP contribution in [0.5, 0.6) is 0 Å². The average molecular weight is 401 g/mol. The van der Waals surface area contributed by atoms with Gasteiger partial charge in [0.05, 0.1) is 23.8 Å². The lowest BCUT2D eigenvalue weighted by molar-refractivity contribution is -0.122. The molecule has 0 unspecified atom stereocenters. The molecule has 0 radical (unpaired) electrons. The van der Waals surface area contributed by atoms with Gasteiger partial charge in [-0.2, -0.15) is 0 Å². The van der Waals surface area contributed by atoms with Gasteiger partial charge in [0.1, 0.15) is 0 Å². The third-order valence-electron chi connectivity index (χ3n) is 3.14. The van der Waals surface area contributed by atoms with Crippen LogP contribution in [0.25, 0.3) is 0 Å². The Balaban J connectivity index is 2.57. The number of hydrogen-bond donors (Lipinski definition) is 3. The molecule has 9 heteroatoms. The summed E-state index contributed by atoms with van der Waals surface area (Å²) >= 11 is 11.8. The molecule has 7 nitrogen and oxygen atoms in total. The Kier molecular flexibility index (Phi) is 9.72. The Bertz CT molecular complexity index is 667. The maximum atomic E-state index is 12.2. The molecule has 0 atom stereocenters. The summed E-state index contributed by atoms with van der Waals surface area (Å²) in [5.41, 5.74) is 0.436. The van der Waals surface area contributed by atoms with E-state index in [2.05, 4.69) is 22.5 Å². The molecule has 0 aliphatic heterocycles. The van der Waals surface area contributed by atoms with E-state index in [1.54, 1.807) is 17.0 Å². The Morgan fingerprint density at radius 2 is 1.88 bits per heavy atom. The standard InChI is InChI=1S/C17H22Cl2N4O3/c1-3-7-20-17(26)22-16(25)11-23(8-4-2)10-15(24)21-14-6-5-12(18)9-13(14)19/h3,5-6,9H,1,4,7-8,10-11H2,2H3,(H,21,24)(H2,20,22,25,26). The molecule has 0 bridgehead atoms. The number of carbonyl (C=O) groups excluding carboxylic acids is 3. The quantitative estimate of drug-likeness (QED) is 0.555. The average Bonchev–Trinajstić information content (AvgIpc) is 2.55. The summed E-state index contributed by atoms with van der Waals surface area (Å²) in [6.45, 7) is 6.06. The van der Waals surface area contributed by atoms with Gasteiger partial charge in [-0.1, -0.05) is 36.2 Å². The van der Waals surface area contributed by atoms with E-state index in [0.29, 0.717) is 22.3 Å². The van der Waals surface area contributed by atoms with Gasteiger partial charge in [-0.3, -0.25) is 19.8 Å². The highest BCUT2D eigenvalue weighted by Crippen LogP contribution is 2.25. The van der Waals surface area contributed by atoms with Gasteiger partial charge in [0, 0.05) is 11.6 Å². The van der Waals surface area contributed by atoms with E-state index in [-0.39, 0.29) is 25.5 Å². The van der Waals surface area contributed by atoms with Crippen LogP contribution in [-0.2, 0) is 9.59 Å². The zero-order chi connectivity index (χ0) is 19.5. The molecular formula is C17H22Cl2N4O3. The number of amides is 4. The first-order valence-corrected chi connectivity index (χ1v) is 8.77. The van der Waals surface area contributed by atoms with Crippen molar-refractivity contribution >= 4 is 46.7 Å². The van der Waals surface area contributed by atoms with Crippen molar-refractivity contribution in [3.05, 3.63) is 40.9 Å². The molecular weight excluding hydrogens is 379 g/mol. The van der Waals surface area contributed by atoms with Crippen LogP contribution in [0.1, 0.15) is 13.3 Å². The molecule has 142 valence electrons. The number of hydrogen-bond acceptors (Lipinski definition) is 4. The van der Waals surface area contributed by atoms with Crippen LogP contribution in [-0.4, -0.2) is 48.9 Å². The first-order chi connectivity index (χ1) is 12.3. The summed E-state index contributed by atoms with van der Waals surface area (Å²) in [6, 6.07) is 4.13. The van der Waals surface area contributed by atoms with E-state index in [4.69, 9.17) is 23.2 Å². The molecule has 3 N–H and O–H groups in total. The molecule has 0 saturated carbocycles. The van der Waals surface area contributed by atoms with Crippen LogP contribution in [0.2, 0.25) is 10.0 Å². The summed E-state index contributed by atoms with van der Waals surface area (Å²) in [5.74, 6) is -0.830. The van der Waals surface area contributed by atoms with Crippen molar-refractivity contribution in [1.82, 2.24) is 15.5 Å². The molecule has 1 aromatic carbocycles. The van der Waals surface area contributed by atoms with Crippen LogP contribution >= 0.6 is 23.2 Å². The zero-order valence-electron chi connectivity index (χ0n) is 14.5. The van der Waals surface area contributed by atoms with Gasteiger partial charge < -0.3 is 10.6 Å². The number of halogens is 2. The summed E-state index contributed by atoms with van der Waals surface area (Å²) in [4.78, 5) is 37.2. The van der Waals surface area contributed by atoms with E-state index in [9.17, 15) is 14.4 Å². The van der Waals surface area contributed by atoms with Crippen molar-refractivity contribution in [2.24, 2.45) is 0 Å². The molecule has 26 heavy (non-hydrogen) atoms. The predicted molar refractivity (Wildman–Crippen MR) is 104 cm³/mol. The minimum absolute atomic E-state index is 0.0194. The Morgan fingerprint density at radius 3 is 2.50 bits per heavy atom. The lowest BCUT2D eigenvalue weighted by Gasteiger charge is -2.20. The molecule has 0 spiro atoms. The topological polar surface area (TPSA) is 90.5 Å². The highest BCUT2D eigenvalue weighted by molar-refractivity contribution is 6.36. The molecule has 1 aromatic rings. The zero-order valence-corrected chi connectivity index (χ0v) is 16.0. The fourth-order valence-electron chi connectivity index (χ4n) is 2.09. The molecule has 0 fully saturated rings. The number of carbonyl (C=O) groups is 3. The van der Waals surface area contributed by atoms with E-state index in [1.165, 1.54) is 12.1 Å². The number of benzene rings is 1. The van der Waals surface area contributed by atoms with Crippen molar-refractivity contribution in [3.63, 3.8) is 0 Å². The van der Waals surface area contributed by atoms with Crippen molar-refractivity contribution < 1.29 is 14.4 Å².